The van der Waals surface area contributed by atoms with E-state index in [0.717, 1.165) is 18.2 Å². The molecule has 0 saturated heterocycles. The Morgan fingerprint density at radius 3 is 1.98 bits per heavy atom. The fourth-order valence-corrected chi connectivity index (χ4v) is 6.76. The highest BCUT2D eigenvalue weighted by Gasteiger charge is 2.21. The second-order valence-electron chi connectivity index (χ2n) is 10.3. The van der Waals surface area contributed by atoms with Crippen molar-refractivity contribution in [3.8, 4) is 5.75 Å². The third-order valence-electron chi connectivity index (χ3n) is 7.38. The van der Waals surface area contributed by atoms with E-state index < -0.39 is 35.8 Å². The Balaban J connectivity index is 1.50. The molecule has 0 fully saturated rings. The van der Waals surface area contributed by atoms with Gasteiger partial charge in [0.2, 0.25) is 0 Å². The van der Waals surface area contributed by atoms with Gasteiger partial charge in [0.15, 0.2) is 11.4 Å². The molecule has 0 saturated carbocycles. The zero-order chi connectivity index (χ0) is 35.8. The van der Waals surface area contributed by atoms with Crippen LogP contribution in [0.15, 0.2) is 120 Å². The van der Waals surface area contributed by atoms with Gasteiger partial charge in [-0.15, -0.1) is 19.7 Å². The Bertz CT molecular complexity index is 2700. The average molecular weight is 733 g/mol. The van der Waals surface area contributed by atoms with E-state index in [1.807, 2.05) is 0 Å². The Labute approximate surface area is 286 Å². The van der Waals surface area contributed by atoms with Gasteiger partial charge in [-0.3, -0.25) is 9.11 Å². The third-order valence-corrected chi connectivity index (χ3v) is 9.75. The molecule has 0 radical (unpaired) electrons. The molecule has 0 amide bonds. The SMILES string of the molecule is [C-]#[N+]c1ccc(N=Nc2ccc(N=Nc3c(SOOO)cc4cc(S(=O)(=O)O)c(N)cc4c3O)c3cc(S(=O)(=O)O)ccc23)c2ccccc12. The first-order chi connectivity index (χ1) is 23.8. The Hall–Kier alpha value is -5.56. The first-order valence-corrected chi connectivity index (χ1v) is 17.4. The predicted octanol–water partition coefficient (Wildman–Crippen LogP) is 8.74. The summed E-state index contributed by atoms with van der Waals surface area (Å²) < 4.78 is 71.5. The number of hydrogen-bond donors (Lipinski definition) is 5. The summed E-state index contributed by atoms with van der Waals surface area (Å²) in [6.07, 6.45) is 0. The van der Waals surface area contributed by atoms with E-state index in [1.54, 1.807) is 36.4 Å². The number of benzene rings is 6. The van der Waals surface area contributed by atoms with Gasteiger partial charge < -0.3 is 10.8 Å². The van der Waals surface area contributed by atoms with Crippen LogP contribution in [0.1, 0.15) is 0 Å². The molecule has 0 aliphatic carbocycles. The van der Waals surface area contributed by atoms with E-state index >= 15 is 0 Å². The van der Waals surface area contributed by atoms with Crippen LogP contribution in [0.25, 0.3) is 37.2 Å². The fourth-order valence-electron chi connectivity index (χ4n) is 5.12. The average Bonchev–Trinajstić information content (AvgIpc) is 3.08. The molecule has 6 rings (SSSR count). The second-order valence-corrected chi connectivity index (χ2v) is 13.9. The van der Waals surface area contributed by atoms with Gasteiger partial charge in [-0.2, -0.15) is 21.9 Å². The van der Waals surface area contributed by atoms with Crippen LogP contribution in [-0.4, -0.2) is 36.3 Å². The number of fused-ring (bicyclic) bond motifs is 3. The number of nitrogens with zero attached hydrogens (tertiary/aromatic N) is 5. The topological polar surface area (TPSA) is 247 Å². The molecular formula is C31H20N6O10S3. The summed E-state index contributed by atoms with van der Waals surface area (Å²) in [5.41, 5.74) is 6.41. The minimum absolute atomic E-state index is 0.00403. The Kier molecular flexibility index (Phi) is 9.19. The highest BCUT2D eigenvalue weighted by Crippen LogP contribution is 2.46. The van der Waals surface area contributed by atoms with Gasteiger partial charge in [0, 0.05) is 16.2 Å². The maximum absolute atomic E-state index is 12.1. The van der Waals surface area contributed by atoms with Crippen LogP contribution in [0.4, 0.5) is 34.1 Å². The number of hydrogen-bond acceptors (Lipinski definition) is 14. The summed E-state index contributed by atoms with van der Waals surface area (Å²) >= 11 is 0.363. The van der Waals surface area contributed by atoms with E-state index in [2.05, 4.69) is 34.7 Å². The molecule has 19 heteroatoms. The van der Waals surface area contributed by atoms with Crippen molar-refractivity contribution < 1.29 is 45.7 Å². The van der Waals surface area contributed by atoms with Gasteiger partial charge in [0.1, 0.15) is 10.6 Å². The molecule has 0 spiro atoms. The van der Waals surface area contributed by atoms with E-state index in [9.17, 15) is 31.0 Å². The first kappa shape index (κ1) is 34.3. The normalized spacial score (nSPS) is 12.4. The smallest absolute Gasteiger partial charge is 0.296 e. The van der Waals surface area contributed by atoms with E-state index in [-0.39, 0.29) is 43.8 Å². The van der Waals surface area contributed by atoms with Gasteiger partial charge >= 0.3 is 0 Å². The van der Waals surface area contributed by atoms with Crippen molar-refractivity contribution in [3.05, 3.63) is 96.3 Å². The number of anilines is 1. The Morgan fingerprint density at radius 2 is 1.34 bits per heavy atom. The molecule has 6 N–H and O–H groups in total. The summed E-state index contributed by atoms with van der Waals surface area (Å²) in [5.74, 6) is -0.561. The molecule has 0 heterocycles. The van der Waals surface area contributed by atoms with Crippen molar-refractivity contribution in [1.82, 2.24) is 0 Å². The summed E-state index contributed by atoms with van der Waals surface area (Å²) in [5, 5.41) is 42.6. The van der Waals surface area contributed by atoms with Crippen LogP contribution in [0.3, 0.4) is 0 Å². The molecule has 6 aromatic carbocycles. The van der Waals surface area contributed by atoms with Crippen LogP contribution >= 0.6 is 12.0 Å². The monoisotopic (exact) mass is 732 g/mol. The van der Waals surface area contributed by atoms with Crippen LogP contribution in [0.2, 0.25) is 0 Å². The van der Waals surface area contributed by atoms with Crippen molar-refractivity contribution >= 4 is 98.7 Å². The number of aromatic hydroxyl groups is 1. The molecule has 0 unspecified atom stereocenters. The van der Waals surface area contributed by atoms with Crippen molar-refractivity contribution in [2.24, 2.45) is 20.5 Å². The van der Waals surface area contributed by atoms with Crippen molar-refractivity contribution in [2.45, 2.75) is 14.7 Å². The predicted molar refractivity (Wildman–Crippen MR) is 183 cm³/mol. The van der Waals surface area contributed by atoms with Crippen molar-refractivity contribution in [2.75, 3.05) is 5.73 Å². The minimum atomic E-state index is -4.73. The Morgan fingerprint density at radius 1 is 0.720 bits per heavy atom. The molecule has 0 aliphatic rings. The van der Waals surface area contributed by atoms with Crippen LogP contribution in [-0.2, 0) is 29.6 Å². The molecule has 252 valence electrons. The quantitative estimate of drug-likeness (QED) is 0.0178. The molecule has 0 aromatic heterocycles. The highest BCUT2D eigenvalue weighted by atomic mass is 32.2. The highest BCUT2D eigenvalue weighted by molar-refractivity contribution is 7.94. The van der Waals surface area contributed by atoms with E-state index in [4.69, 9.17) is 17.6 Å². The van der Waals surface area contributed by atoms with Crippen LogP contribution in [0, 0.1) is 6.57 Å². The molecule has 0 aliphatic heterocycles. The molecule has 16 nitrogen and oxygen atoms in total. The lowest BCUT2D eigenvalue weighted by molar-refractivity contribution is -0.432. The van der Waals surface area contributed by atoms with E-state index in [0.29, 0.717) is 39.6 Å². The lowest BCUT2D eigenvalue weighted by Crippen LogP contribution is -2.03. The van der Waals surface area contributed by atoms with Gasteiger partial charge in [-0.25, -0.2) is 10.1 Å². The van der Waals surface area contributed by atoms with Crippen LogP contribution in [0.5, 0.6) is 5.75 Å². The summed E-state index contributed by atoms with van der Waals surface area (Å²) in [6.45, 7) is 7.44. The van der Waals surface area contributed by atoms with Gasteiger partial charge in [-0.1, -0.05) is 41.4 Å². The standard InChI is InChI=1S/C31H20N6O10S3/c1-33-24-8-9-25(19-5-3-2-4-18(19)24)34-35-26-10-11-27(22-14-17(49(40,41)42)6-7-20(22)26)36-37-30-28(48-47-46-39)12-16-13-29(50(43,44)45)23(32)15-21(16)31(30)38/h2-15,38-39H,32H2,(H,40,41,42)(H,43,44,45). The molecule has 0 atom stereocenters. The number of nitrogen functional groups attached to an aromatic ring is 1. The zero-order valence-electron chi connectivity index (χ0n) is 24.9. The number of rotatable bonds is 9. The largest absolute Gasteiger partial charge is 0.505 e. The number of azo groups is 2. The van der Waals surface area contributed by atoms with Crippen molar-refractivity contribution in [3.63, 3.8) is 0 Å². The lowest BCUT2D eigenvalue weighted by atomic mass is 10.1. The van der Waals surface area contributed by atoms with Gasteiger partial charge in [0.25, 0.3) is 20.2 Å². The maximum Gasteiger partial charge on any atom is 0.296 e. The number of phenolic OH excluding ortho intramolecular Hbond substituents is 1. The molecule has 50 heavy (non-hydrogen) atoms. The summed E-state index contributed by atoms with van der Waals surface area (Å²) in [4.78, 5) is 2.41. The molecule has 6 aromatic rings. The van der Waals surface area contributed by atoms with E-state index in [1.165, 1.54) is 30.3 Å². The zero-order valence-corrected chi connectivity index (χ0v) is 27.3. The molecular weight excluding hydrogens is 713 g/mol. The fraction of sp³-hybridized carbons (Fsp3) is 0. The second kappa shape index (κ2) is 13.4. The maximum atomic E-state index is 12.1. The van der Waals surface area contributed by atoms with Crippen LogP contribution < -0.4 is 5.73 Å². The van der Waals surface area contributed by atoms with Gasteiger partial charge in [-0.05, 0) is 64.7 Å². The number of nitrogens with two attached hydrogens (primary N) is 1. The van der Waals surface area contributed by atoms with Gasteiger partial charge in [0.05, 0.1) is 51.2 Å². The minimum Gasteiger partial charge on any atom is -0.505 e. The number of phenols is 1. The third kappa shape index (κ3) is 6.68. The lowest BCUT2D eigenvalue weighted by Gasteiger charge is -2.12. The molecule has 0 bridgehead atoms. The first-order valence-electron chi connectivity index (χ1n) is 13.8. The summed E-state index contributed by atoms with van der Waals surface area (Å²) in [7, 11) is -9.40. The van der Waals surface area contributed by atoms with Crippen molar-refractivity contribution in [1.29, 1.82) is 0 Å². The summed E-state index contributed by atoms with van der Waals surface area (Å²) in [6, 6.07) is 20.5.